The van der Waals surface area contributed by atoms with E-state index < -0.39 is 22.2 Å². The first kappa shape index (κ1) is 33.7. The zero-order valence-electron chi connectivity index (χ0n) is 25.9. The van der Waals surface area contributed by atoms with E-state index in [0.717, 1.165) is 13.1 Å². The topological polar surface area (TPSA) is 138 Å². The van der Waals surface area contributed by atoms with Gasteiger partial charge in [0.05, 0.1) is 50.8 Å². The van der Waals surface area contributed by atoms with Crippen molar-refractivity contribution in [3.63, 3.8) is 0 Å². The molecule has 4 rings (SSSR count). The van der Waals surface area contributed by atoms with Gasteiger partial charge in [-0.05, 0) is 49.4 Å². The third kappa shape index (κ3) is 8.48. The standard InChI is InChI=1S/C31H44N4O8S/c1-22-19-35(23(2)21-36)31(38)18-24-17-25(32-30(37)11-12-34-13-15-42-16-14-34)5-10-28(24)43-29(22)20-33(3)44(39,40)27-8-6-26(41-4)7-9-27/h5-10,17,22-23,29,36H,11-16,18-21H2,1-4H3,(H,32,37)/t22-,23+,29-/m0/s1. The second kappa shape index (κ2) is 15.2. The maximum Gasteiger partial charge on any atom is 0.242 e. The number of morpholine rings is 1. The van der Waals surface area contributed by atoms with Gasteiger partial charge < -0.3 is 29.5 Å². The van der Waals surface area contributed by atoms with Crippen molar-refractivity contribution in [1.29, 1.82) is 0 Å². The van der Waals surface area contributed by atoms with E-state index in [9.17, 15) is 23.1 Å². The van der Waals surface area contributed by atoms with E-state index in [0.29, 0.717) is 48.9 Å². The zero-order chi connectivity index (χ0) is 31.9. The number of carbonyl (C=O) groups excluding carboxylic acids is 2. The van der Waals surface area contributed by atoms with Crippen LogP contribution in [-0.2, 0) is 30.8 Å². The van der Waals surface area contributed by atoms with E-state index in [1.807, 2.05) is 6.92 Å². The van der Waals surface area contributed by atoms with Gasteiger partial charge in [-0.1, -0.05) is 6.92 Å². The summed E-state index contributed by atoms with van der Waals surface area (Å²) in [5, 5.41) is 12.8. The second-order valence-electron chi connectivity index (χ2n) is 11.4. The van der Waals surface area contributed by atoms with E-state index >= 15 is 0 Å². The first-order valence-electron chi connectivity index (χ1n) is 14.9. The van der Waals surface area contributed by atoms with Crippen LogP contribution in [0.15, 0.2) is 47.4 Å². The minimum Gasteiger partial charge on any atom is -0.497 e. The van der Waals surface area contributed by atoms with Crippen LogP contribution in [0, 0.1) is 5.92 Å². The van der Waals surface area contributed by atoms with E-state index in [1.54, 1.807) is 42.2 Å². The van der Waals surface area contributed by atoms with Gasteiger partial charge >= 0.3 is 0 Å². The molecule has 0 bridgehead atoms. The summed E-state index contributed by atoms with van der Waals surface area (Å²) in [5.74, 6) is 0.368. The Morgan fingerprint density at radius 2 is 1.89 bits per heavy atom. The number of anilines is 1. The van der Waals surface area contributed by atoms with Crippen LogP contribution >= 0.6 is 0 Å². The molecular formula is C31H44N4O8S. The molecule has 2 N–H and O–H groups in total. The molecule has 1 saturated heterocycles. The predicted molar refractivity (Wildman–Crippen MR) is 165 cm³/mol. The van der Waals surface area contributed by atoms with Gasteiger partial charge in [0.2, 0.25) is 21.8 Å². The molecule has 2 aliphatic heterocycles. The van der Waals surface area contributed by atoms with Crippen molar-refractivity contribution < 1.29 is 37.3 Å². The van der Waals surface area contributed by atoms with Crippen LogP contribution < -0.4 is 14.8 Å². The number of aliphatic hydroxyl groups is 1. The summed E-state index contributed by atoms with van der Waals surface area (Å²) in [6.45, 7) is 7.27. The molecule has 0 saturated carbocycles. The molecule has 2 aromatic rings. The lowest BCUT2D eigenvalue weighted by Crippen LogP contribution is -2.48. The molecule has 3 atom stereocenters. The number of likely N-dealkylation sites (N-methyl/N-ethyl adjacent to an activating group) is 1. The van der Waals surface area contributed by atoms with Crippen molar-refractivity contribution >= 4 is 27.5 Å². The smallest absolute Gasteiger partial charge is 0.242 e. The number of sulfonamides is 1. The molecular weight excluding hydrogens is 588 g/mol. The van der Waals surface area contributed by atoms with Crippen LogP contribution in [-0.4, -0.2) is 118 Å². The fourth-order valence-corrected chi connectivity index (χ4v) is 6.50. The lowest BCUT2D eigenvalue weighted by molar-refractivity contribution is -0.134. The van der Waals surface area contributed by atoms with E-state index in [2.05, 4.69) is 10.2 Å². The Hall–Kier alpha value is -3.23. The van der Waals surface area contributed by atoms with Gasteiger partial charge in [0.25, 0.3) is 0 Å². The Labute approximate surface area is 259 Å². The largest absolute Gasteiger partial charge is 0.497 e. The number of hydrogen-bond acceptors (Lipinski definition) is 9. The lowest BCUT2D eigenvalue weighted by Gasteiger charge is -2.33. The highest BCUT2D eigenvalue weighted by molar-refractivity contribution is 7.89. The number of nitrogens with zero attached hydrogens (tertiary/aromatic N) is 3. The molecule has 0 aromatic heterocycles. The molecule has 0 radical (unpaired) electrons. The van der Waals surface area contributed by atoms with Crippen molar-refractivity contribution in [2.24, 2.45) is 5.92 Å². The fourth-order valence-electron chi connectivity index (χ4n) is 5.31. The lowest BCUT2D eigenvalue weighted by atomic mass is 10.0. The molecule has 2 aliphatic rings. The molecule has 0 spiro atoms. The van der Waals surface area contributed by atoms with Crippen LogP contribution in [0.25, 0.3) is 0 Å². The number of ether oxygens (including phenoxy) is 3. The highest BCUT2D eigenvalue weighted by Crippen LogP contribution is 2.30. The van der Waals surface area contributed by atoms with E-state index in [-0.39, 0.29) is 48.7 Å². The number of hydrogen-bond donors (Lipinski definition) is 2. The number of nitrogens with one attached hydrogen (secondary N) is 1. The maximum absolute atomic E-state index is 13.5. The number of rotatable bonds is 11. The van der Waals surface area contributed by atoms with Gasteiger partial charge in [0, 0.05) is 56.8 Å². The average Bonchev–Trinajstić information content (AvgIpc) is 3.07. The summed E-state index contributed by atoms with van der Waals surface area (Å²) < 4.78 is 45.1. The Morgan fingerprint density at radius 1 is 1.18 bits per heavy atom. The summed E-state index contributed by atoms with van der Waals surface area (Å²) in [6.07, 6.45) is -0.306. The Balaban J connectivity index is 1.55. The average molecular weight is 633 g/mol. The Morgan fingerprint density at radius 3 is 2.55 bits per heavy atom. The summed E-state index contributed by atoms with van der Waals surface area (Å²) >= 11 is 0. The molecule has 13 heteroatoms. The van der Waals surface area contributed by atoms with Gasteiger partial charge in [-0.25, -0.2) is 8.42 Å². The summed E-state index contributed by atoms with van der Waals surface area (Å²) in [5.41, 5.74) is 1.10. The van der Waals surface area contributed by atoms with E-state index in [1.165, 1.54) is 30.6 Å². The van der Waals surface area contributed by atoms with Crippen molar-refractivity contribution in [3.05, 3.63) is 48.0 Å². The van der Waals surface area contributed by atoms with Crippen LogP contribution in [0.2, 0.25) is 0 Å². The van der Waals surface area contributed by atoms with Gasteiger partial charge in [0.15, 0.2) is 0 Å². The molecule has 2 aromatic carbocycles. The third-order valence-corrected chi connectivity index (χ3v) is 10.0. The number of amides is 2. The molecule has 44 heavy (non-hydrogen) atoms. The van der Waals surface area contributed by atoms with Crippen LogP contribution in [0.1, 0.15) is 25.8 Å². The molecule has 2 amide bonds. The minimum atomic E-state index is -3.85. The van der Waals surface area contributed by atoms with Crippen LogP contribution in [0.5, 0.6) is 11.5 Å². The highest BCUT2D eigenvalue weighted by Gasteiger charge is 2.33. The number of methoxy groups -OCH3 is 1. The molecule has 242 valence electrons. The predicted octanol–water partition coefficient (Wildman–Crippen LogP) is 1.83. The van der Waals surface area contributed by atoms with Gasteiger partial charge in [-0.3, -0.25) is 14.5 Å². The van der Waals surface area contributed by atoms with Gasteiger partial charge in [-0.2, -0.15) is 4.31 Å². The number of carbonyl (C=O) groups is 2. The quantitative estimate of drug-likeness (QED) is 0.380. The van der Waals surface area contributed by atoms with Crippen LogP contribution in [0.3, 0.4) is 0 Å². The Bertz CT molecular complexity index is 1380. The maximum atomic E-state index is 13.5. The summed E-state index contributed by atoms with van der Waals surface area (Å²) in [6, 6.07) is 10.9. The van der Waals surface area contributed by atoms with Gasteiger partial charge in [0.1, 0.15) is 17.6 Å². The SMILES string of the molecule is COc1ccc(S(=O)(=O)N(C)C[C@@H]2Oc3ccc(NC(=O)CCN4CCOCC4)cc3CC(=O)N([C@H](C)CO)C[C@@H]2C)cc1. The fraction of sp³-hybridized carbons (Fsp3) is 0.548. The van der Waals surface area contributed by atoms with Gasteiger partial charge in [-0.15, -0.1) is 0 Å². The first-order chi connectivity index (χ1) is 21.0. The van der Waals surface area contributed by atoms with Crippen molar-refractivity contribution in [2.45, 2.75) is 43.7 Å². The minimum absolute atomic E-state index is 0.00339. The van der Waals surface area contributed by atoms with Crippen molar-refractivity contribution in [3.8, 4) is 11.5 Å². The zero-order valence-corrected chi connectivity index (χ0v) is 26.7. The summed E-state index contributed by atoms with van der Waals surface area (Å²) in [7, 11) is -0.844. The first-order valence-corrected chi connectivity index (χ1v) is 16.4. The normalized spacial score (nSPS) is 20.6. The second-order valence-corrected chi connectivity index (χ2v) is 13.5. The number of aliphatic hydroxyl groups excluding tert-OH is 1. The summed E-state index contributed by atoms with van der Waals surface area (Å²) in [4.78, 5) is 30.2. The number of benzene rings is 2. The number of fused-ring (bicyclic) bond motifs is 1. The Kier molecular flexibility index (Phi) is 11.6. The molecule has 12 nitrogen and oxygen atoms in total. The van der Waals surface area contributed by atoms with E-state index in [4.69, 9.17) is 14.2 Å². The van der Waals surface area contributed by atoms with Crippen molar-refractivity contribution in [2.75, 3.05) is 72.0 Å². The molecule has 2 heterocycles. The van der Waals surface area contributed by atoms with Crippen molar-refractivity contribution in [1.82, 2.24) is 14.1 Å². The third-order valence-electron chi connectivity index (χ3n) is 8.16. The van der Waals surface area contributed by atoms with Crippen LogP contribution in [0.4, 0.5) is 5.69 Å². The molecule has 0 unspecified atom stereocenters. The molecule has 1 fully saturated rings. The monoisotopic (exact) mass is 632 g/mol. The molecule has 0 aliphatic carbocycles. The highest BCUT2D eigenvalue weighted by atomic mass is 32.2.